The molecule has 0 radical (unpaired) electrons. The number of ether oxygens (including phenoxy) is 2. The van der Waals surface area contributed by atoms with Gasteiger partial charge in [-0.15, -0.1) is 0 Å². The smallest absolute Gasteiger partial charge is 0.407 e. The molecule has 2 N–H and O–H groups in total. The van der Waals surface area contributed by atoms with Gasteiger partial charge in [0, 0.05) is 34.6 Å². The van der Waals surface area contributed by atoms with Gasteiger partial charge in [0.05, 0.1) is 5.56 Å². The van der Waals surface area contributed by atoms with Crippen molar-refractivity contribution in [2.45, 2.75) is 80.6 Å². The molecular weight excluding hydrogens is 492 g/mol. The number of aryl methyl sites for hydroxylation is 2. The molecule has 1 heterocycles. The minimum atomic E-state index is -0.996. The maximum Gasteiger partial charge on any atom is 0.407 e. The Morgan fingerprint density at radius 2 is 1.67 bits per heavy atom. The third-order valence-electron chi connectivity index (χ3n) is 6.33. The summed E-state index contributed by atoms with van der Waals surface area (Å²) in [5.74, 6) is -0.139. The highest BCUT2D eigenvalue weighted by atomic mass is 16.6. The van der Waals surface area contributed by atoms with E-state index in [9.17, 15) is 14.7 Å². The molecule has 7 heteroatoms. The van der Waals surface area contributed by atoms with Gasteiger partial charge in [-0.2, -0.15) is 0 Å². The zero-order valence-electron chi connectivity index (χ0n) is 24.3. The zero-order chi connectivity index (χ0) is 28.9. The Kier molecular flexibility index (Phi) is 9.38. The Morgan fingerprint density at radius 3 is 2.26 bits per heavy atom. The fourth-order valence-electron chi connectivity index (χ4n) is 4.46. The summed E-state index contributed by atoms with van der Waals surface area (Å²) in [6, 6.07) is 13.3. The first-order valence-corrected chi connectivity index (χ1v) is 13.3. The Morgan fingerprint density at radius 1 is 1.00 bits per heavy atom. The summed E-state index contributed by atoms with van der Waals surface area (Å²) in [5.41, 5.74) is 6.79. The third kappa shape index (κ3) is 7.82. The van der Waals surface area contributed by atoms with E-state index in [1.165, 1.54) is 0 Å². The number of carbonyl (C=O) groups is 2. The molecule has 0 aliphatic carbocycles. The highest BCUT2D eigenvalue weighted by Gasteiger charge is 2.23. The van der Waals surface area contributed by atoms with Gasteiger partial charge in [0.2, 0.25) is 0 Å². The van der Waals surface area contributed by atoms with Crippen LogP contribution < -0.4 is 10.1 Å². The summed E-state index contributed by atoms with van der Waals surface area (Å²) in [5, 5.41) is 12.5. The standard InChI is InChI=1S/C32H40N2O5/c1-19(2)16-27-25(17-33-31(37)39-32(6,7)8)29(23-14-12-20(3)13-15-23)26(22(5)34-27)18-38-28-11-9-10-24(21(28)4)30(35)36/h9-15,19H,16-18H2,1-8H3,(H,33,37)(H,35,36). The number of hydrogen-bond acceptors (Lipinski definition) is 5. The van der Waals surface area contributed by atoms with Gasteiger partial charge in [0.1, 0.15) is 18.0 Å². The summed E-state index contributed by atoms with van der Waals surface area (Å²) >= 11 is 0. The van der Waals surface area contributed by atoms with Crippen molar-refractivity contribution in [3.8, 4) is 16.9 Å². The third-order valence-corrected chi connectivity index (χ3v) is 6.33. The molecule has 208 valence electrons. The highest BCUT2D eigenvalue weighted by molar-refractivity contribution is 5.90. The predicted molar refractivity (Wildman–Crippen MR) is 153 cm³/mol. The Bertz CT molecular complexity index is 1340. The van der Waals surface area contributed by atoms with Gasteiger partial charge >= 0.3 is 12.1 Å². The molecule has 3 aromatic rings. The van der Waals surface area contributed by atoms with Crippen molar-refractivity contribution in [3.63, 3.8) is 0 Å². The number of carbonyl (C=O) groups excluding carboxylic acids is 1. The van der Waals surface area contributed by atoms with E-state index in [1.54, 1.807) is 25.1 Å². The average molecular weight is 533 g/mol. The number of amides is 1. The second-order valence-corrected chi connectivity index (χ2v) is 11.3. The number of pyridine rings is 1. The van der Waals surface area contributed by atoms with Gasteiger partial charge in [0.25, 0.3) is 0 Å². The molecule has 1 aromatic heterocycles. The van der Waals surface area contributed by atoms with Crippen molar-refractivity contribution in [3.05, 3.63) is 81.7 Å². The molecule has 7 nitrogen and oxygen atoms in total. The number of rotatable bonds is 9. The molecule has 0 bridgehead atoms. The van der Waals surface area contributed by atoms with Crippen molar-refractivity contribution in [2.24, 2.45) is 5.92 Å². The van der Waals surface area contributed by atoms with E-state index in [2.05, 4.69) is 43.4 Å². The Balaban J connectivity index is 2.13. The number of carboxylic acid groups (broad SMARTS) is 1. The van der Waals surface area contributed by atoms with E-state index in [-0.39, 0.29) is 18.7 Å². The summed E-state index contributed by atoms with van der Waals surface area (Å²) in [4.78, 5) is 29.2. The number of alkyl carbamates (subject to hydrolysis) is 1. The van der Waals surface area contributed by atoms with Crippen molar-refractivity contribution in [2.75, 3.05) is 0 Å². The zero-order valence-corrected chi connectivity index (χ0v) is 24.3. The van der Waals surface area contributed by atoms with E-state index in [0.717, 1.165) is 45.6 Å². The molecule has 0 aliphatic rings. The largest absolute Gasteiger partial charge is 0.489 e. The van der Waals surface area contributed by atoms with Crippen LogP contribution in [-0.2, 0) is 24.3 Å². The lowest BCUT2D eigenvalue weighted by atomic mass is 9.90. The average Bonchev–Trinajstić information content (AvgIpc) is 2.82. The van der Waals surface area contributed by atoms with Gasteiger partial charge < -0.3 is 19.9 Å². The fourth-order valence-corrected chi connectivity index (χ4v) is 4.46. The highest BCUT2D eigenvalue weighted by Crippen LogP contribution is 2.34. The molecule has 39 heavy (non-hydrogen) atoms. The van der Waals surface area contributed by atoms with Crippen LogP contribution in [0.3, 0.4) is 0 Å². The van der Waals surface area contributed by atoms with E-state index in [0.29, 0.717) is 17.2 Å². The second-order valence-electron chi connectivity index (χ2n) is 11.3. The summed E-state index contributed by atoms with van der Waals surface area (Å²) in [7, 11) is 0. The number of nitrogens with one attached hydrogen (secondary N) is 1. The lowest BCUT2D eigenvalue weighted by Gasteiger charge is -2.24. The predicted octanol–water partition coefficient (Wildman–Crippen LogP) is 7.17. The van der Waals surface area contributed by atoms with Crippen LogP contribution in [-0.4, -0.2) is 27.8 Å². The van der Waals surface area contributed by atoms with Crippen LogP contribution in [0.15, 0.2) is 42.5 Å². The van der Waals surface area contributed by atoms with Crippen molar-refractivity contribution >= 4 is 12.1 Å². The molecule has 0 aliphatic heterocycles. The normalized spacial score (nSPS) is 11.4. The van der Waals surface area contributed by atoms with Crippen LogP contribution in [0.25, 0.3) is 11.1 Å². The molecule has 3 rings (SSSR count). The lowest BCUT2D eigenvalue weighted by molar-refractivity contribution is 0.0523. The molecule has 0 spiro atoms. The van der Waals surface area contributed by atoms with Crippen LogP contribution in [0.2, 0.25) is 0 Å². The van der Waals surface area contributed by atoms with E-state index >= 15 is 0 Å². The van der Waals surface area contributed by atoms with Crippen LogP contribution in [0, 0.1) is 26.7 Å². The van der Waals surface area contributed by atoms with Crippen LogP contribution in [0.4, 0.5) is 4.79 Å². The van der Waals surface area contributed by atoms with Gasteiger partial charge in [-0.3, -0.25) is 4.98 Å². The Labute approximate surface area is 231 Å². The number of carboxylic acids is 1. The first-order valence-electron chi connectivity index (χ1n) is 13.3. The number of aromatic nitrogens is 1. The summed E-state index contributed by atoms with van der Waals surface area (Å²) in [6.45, 7) is 16.0. The molecular formula is C32H40N2O5. The Hall–Kier alpha value is -3.87. The molecule has 0 fully saturated rings. The molecule has 0 saturated carbocycles. The molecule has 0 atom stereocenters. The van der Waals surface area contributed by atoms with E-state index in [4.69, 9.17) is 14.5 Å². The van der Waals surface area contributed by atoms with Crippen molar-refractivity contribution in [1.82, 2.24) is 10.3 Å². The van der Waals surface area contributed by atoms with Gasteiger partial charge in [-0.1, -0.05) is 49.7 Å². The number of benzene rings is 2. The van der Waals surface area contributed by atoms with E-state index < -0.39 is 17.7 Å². The molecule has 0 saturated heterocycles. The molecule has 1 amide bonds. The summed E-state index contributed by atoms with van der Waals surface area (Å²) < 4.78 is 11.7. The SMILES string of the molecule is Cc1ccc(-c2c(COc3cccc(C(=O)O)c3C)c(C)nc(CC(C)C)c2CNC(=O)OC(C)(C)C)cc1. The monoisotopic (exact) mass is 532 g/mol. The number of nitrogens with zero attached hydrogens (tertiary/aromatic N) is 1. The van der Waals surface area contributed by atoms with Gasteiger partial charge in [0.15, 0.2) is 0 Å². The second kappa shape index (κ2) is 12.3. The van der Waals surface area contributed by atoms with E-state index in [1.807, 2.05) is 34.6 Å². The fraction of sp³-hybridized carbons (Fsp3) is 0.406. The maximum absolute atomic E-state index is 12.6. The minimum Gasteiger partial charge on any atom is -0.489 e. The van der Waals surface area contributed by atoms with Crippen LogP contribution in [0.5, 0.6) is 5.75 Å². The van der Waals surface area contributed by atoms with Crippen molar-refractivity contribution in [1.29, 1.82) is 0 Å². The first kappa shape index (κ1) is 29.7. The lowest BCUT2D eigenvalue weighted by Crippen LogP contribution is -2.32. The number of aromatic carboxylic acids is 1. The molecule has 0 unspecified atom stereocenters. The molecule has 2 aromatic carbocycles. The summed E-state index contributed by atoms with van der Waals surface area (Å²) in [6.07, 6.45) is 0.249. The van der Waals surface area contributed by atoms with Crippen molar-refractivity contribution < 1.29 is 24.2 Å². The number of hydrogen-bond donors (Lipinski definition) is 2. The van der Waals surface area contributed by atoms with Gasteiger partial charge in [-0.25, -0.2) is 9.59 Å². The first-order chi connectivity index (χ1) is 18.3. The van der Waals surface area contributed by atoms with Crippen LogP contribution >= 0.6 is 0 Å². The van der Waals surface area contributed by atoms with Crippen LogP contribution in [0.1, 0.15) is 78.6 Å². The topological polar surface area (TPSA) is 97.8 Å². The van der Waals surface area contributed by atoms with Gasteiger partial charge in [-0.05, 0) is 77.1 Å². The minimum absolute atomic E-state index is 0.188. The maximum atomic E-state index is 12.6. The quantitative estimate of drug-likeness (QED) is 0.303.